The van der Waals surface area contributed by atoms with Gasteiger partial charge < -0.3 is 24.8 Å². The molecule has 1 heterocycles. The van der Waals surface area contributed by atoms with Gasteiger partial charge in [-0.1, -0.05) is 26.0 Å². The van der Waals surface area contributed by atoms with Gasteiger partial charge in [-0.15, -0.1) is 0 Å². The van der Waals surface area contributed by atoms with Crippen molar-refractivity contribution in [2.24, 2.45) is 50.7 Å². The number of methoxy groups -OCH3 is 1. The molecule has 3 N–H and O–H groups in total. The molecule has 0 bridgehead atoms. The molecule has 0 amide bonds. The summed E-state index contributed by atoms with van der Waals surface area (Å²) in [6.45, 7) is 12.9. The maximum Gasteiger partial charge on any atom is 0.314 e. The summed E-state index contributed by atoms with van der Waals surface area (Å²) in [7, 11) is 1.42. The first-order valence-corrected chi connectivity index (χ1v) is 14.8. The Bertz CT molecular complexity index is 996. The first kappa shape index (κ1) is 26.3. The summed E-state index contributed by atoms with van der Waals surface area (Å²) in [5.74, 6) is 0.668. The number of ether oxygens (including phenoxy) is 2. The Balaban J connectivity index is 1.32. The first-order valence-electron chi connectivity index (χ1n) is 14.8. The highest BCUT2D eigenvalue weighted by Crippen LogP contribution is 2.89. The lowest BCUT2D eigenvalue weighted by Crippen LogP contribution is -2.63. The van der Waals surface area contributed by atoms with Gasteiger partial charge in [0.1, 0.15) is 0 Å². The zero-order valence-corrected chi connectivity index (χ0v) is 23.5. The molecule has 5 aliphatic carbocycles. The summed E-state index contributed by atoms with van der Waals surface area (Å²) in [4.78, 5) is 13.1. The Morgan fingerprint density at radius 2 is 1.62 bits per heavy atom. The number of hydrogen-bond acceptors (Lipinski definition) is 6. The van der Waals surface area contributed by atoms with Gasteiger partial charge in [-0.2, -0.15) is 0 Å². The van der Waals surface area contributed by atoms with Crippen LogP contribution < -0.4 is 0 Å². The zero-order chi connectivity index (χ0) is 26.8. The van der Waals surface area contributed by atoms with Gasteiger partial charge in [0.05, 0.1) is 30.8 Å². The average molecular weight is 517 g/mol. The molecule has 13 atom stereocenters. The highest BCUT2D eigenvalue weighted by molar-refractivity contribution is 5.78. The highest BCUT2D eigenvalue weighted by Gasteiger charge is 2.85. The average Bonchev–Trinajstić information content (AvgIpc) is 3.48. The van der Waals surface area contributed by atoms with Gasteiger partial charge in [-0.25, -0.2) is 0 Å². The molecule has 0 aromatic carbocycles. The van der Waals surface area contributed by atoms with E-state index in [1.807, 2.05) is 13.8 Å². The number of fused-ring (bicyclic) bond motifs is 2. The number of hydrogen-bond donors (Lipinski definition) is 3. The molecule has 6 nitrogen and oxygen atoms in total. The van der Waals surface area contributed by atoms with Gasteiger partial charge >= 0.3 is 5.97 Å². The molecule has 0 aromatic heterocycles. The number of carbonyl (C=O) groups is 1. The summed E-state index contributed by atoms with van der Waals surface area (Å²) in [6.07, 6.45) is 7.14. The van der Waals surface area contributed by atoms with Crippen molar-refractivity contribution in [3.8, 4) is 0 Å². The van der Waals surface area contributed by atoms with Crippen LogP contribution in [-0.4, -0.2) is 53.0 Å². The van der Waals surface area contributed by atoms with Crippen LogP contribution in [0.5, 0.6) is 0 Å². The van der Waals surface area contributed by atoms with Crippen LogP contribution in [0.1, 0.15) is 91.9 Å². The SMILES string of the molecule is C=C(C)[C@@H]1CC[C@H]([C@H]2CC[C@@]3(C)[C@@H]4CC[C@H]5[C@](C)(C(=O)OC)[C@@H](O)C[C@H](O)[C@@]56C[C@@]46CC[C@]23C)[C@@H](O)O1. The van der Waals surface area contributed by atoms with E-state index >= 15 is 0 Å². The van der Waals surface area contributed by atoms with Gasteiger partial charge in [0, 0.05) is 17.8 Å². The molecule has 37 heavy (non-hydrogen) atoms. The summed E-state index contributed by atoms with van der Waals surface area (Å²) >= 11 is 0. The minimum absolute atomic E-state index is 0.0284. The second kappa shape index (κ2) is 8.05. The molecular weight excluding hydrogens is 468 g/mol. The van der Waals surface area contributed by atoms with E-state index in [2.05, 4.69) is 20.4 Å². The van der Waals surface area contributed by atoms with Crippen molar-refractivity contribution in [1.29, 1.82) is 0 Å². The second-order valence-electron chi connectivity index (χ2n) is 14.7. The Labute approximate surface area is 222 Å². The molecular formula is C31H48O6. The van der Waals surface area contributed by atoms with E-state index in [1.165, 1.54) is 7.11 Å². The smallest absolute Gasteiger partial charge is 0.314 e. The molecule has 0 unspecified atom stereocenters. The maximum atomic E-state index is 13.1. The van der Waals surface area contributed by atoms with Crippen LogP contribution in [0, 0.1) is 50.7 Å². The molecule has 0 radical (unpaired) electrons. The van der Waals surface area contributed by atoms with Gasteiger partial charge in [0.2, 0.25) is 0 Å². The van der Waals surface area contributed by atoms with E-state index in [1.54, 1.807) is 0 Å². The van der Waals surface area contributed by atoms with Crippen LogP contribution in [0.4, 0.5) is 0 Å². The summed E-state index contributed by atoms with van der Waals surface area (Å²) in [5, 5.41) is 33.7. The number of aliphatic hydroxyl groups excluding tert-OH is 3. The zero-order valence-electron chi connectivity index (χ0n) is 23.5. The molecule has 2 spiro atoms. The fourth-order valence-corrected chi connectivity index (χ4v) is 11.9. The van der Waals surface area contributed by atoms with Crippen LogP contribution in [0.15, 0.2) is 12.2 Å². The lowest BCUT2D eigenvalue weighted by molar-refractivity contribution is -0.225. The summed E-state index contributed by atoms with van der Waals surface area (Å²) in [5.41, 5.74) is -0.0255. The van der Waals surface area contributed by atoms with E-state index in [0.29, 0.717) is 11.8 Å². The normalized spacial score (nSPS) is 58.4. The number of carbonyl (C=O) groups excluding carboxylic acids is 1. The molecule has 0 aromatic rings. The topological polar surface area (TPSA) is 96.2 Å². The van der Waals surface area contributed by atoms with Gasteiger partial charge in [-0.3, -0.25) is 4.79 Å². The molecule has 6 fully saturated rings. The maximum absolute atomic E-state index is 13.1. The second-order valence-corrected chi connectivity index (χ2v) is 14.7. The van der Waals surface area contributed by atoms with Crippen molar-refractivity contribution in [2.45, 2.75) is 117 Å². The van der Waals surface area contributed by atoms with Crippen LogP contribution in [0.25, 0.3) is 0 Å². The standard InChI is InChI=1S/C31H48O6/c1-17(2)20-8-7-18(25(34)37-20)19-11-12-28(4)21-9-10-22-29(5,26(35)36-6)23(32)15-24(33)31(22)16-30(21,31)14-13-27(19,28)3/h18-25,32-34H,1,7-16H2,2-6H3/t18-,19-,20+,21+,22+,23+,24+,25+,27-,28+,29+,30+,31-/m1/s1. The third-order valence-corrected chi connectivity index (χ3v) is 14.0. The predicted octanol–water partition coefficient (Wildman–Crippen LogP) is 4.60. The monoisotopic (exact) mass is 516 g/mol. The van der Waals surface area contributed by atoms with Gasteiger partial charge in [0.25, 0.3) is 0 Å². The Morgan fingerprint density at radius 3 is 2.27 bits per heavy atom. The molecule has 5 saturated carbocycles. The van der Waals surface area contributed by atoms with Crippen molar-refractivity contribution in [3.05, 3.63) is 12.2 Å². The predicted molar refractivity (Wildman–Crippen MR) is 139 cm³/mol. The Kier molecular flexibility index (Phi) is 5.72. The summed E-state index contributed by atoms with van der Waals surface area (Å²) in [6, 6.07) is 0. The first-order chi connectivity index (χ1) is 17.3. The van der Waals surface area contributed by atoms with Crippen LogP contribution >= 0.6 is 0 Å². The van der Waals surface area contributed by atoms with E-state index < -0.39 is 23.9 Å². The largest absolute Gasteiger partial charge is 0.469 e. The van der Waals surface area contributed by atoms with Crippen molar-refractivity contribution in [2.75, 3.05) is 7.11 Å². The van der Waals surface area contributed by atoms with E-state index in [-0.39, 0.29) is 52.0 Å². The molecule has 1 saturated heterocycles. The van der Waals surface area contributed by atoms with Crippen LogP contribution in [-0.2, 0) is 14.3 Å². The quantitative estimate of drug-likeness (QED) is 0.375. The van der Waals surface area contributed by atoms with Gasteiger partial charge in [0.15, 0.2) is 6.29 Å². The highest BCUT2D eigenvalue weighted by atomic mass is 16.6. The van der Waals surface area contributed by atoms with E-state index in [0.717, 1.165) is 63.4 Å². The third-order valence-electron chi connectivity index (χ3n) is 14.0. The number of aliphatic hydroxyl groups is 3. The fraction of sp³-hybridized carbons (Fsp3) is 0.903. The van der Waals surface area contributed by atoms with Crippen molar-refractivity contribution in [1.82, 2.24) is 0 Å². The minimum atomic E-state index is -0.967. The lowest BCUT2D eigenvalue weighted by atomic mass is 9.41. The molecule has 1 aliphatic heterocycles. The van der Waals surface area contributed by atoms with Crippen LogP contribution in [0.3, 0.4) is 0 Å². The number of esters is 1. The van der Waals surface area contributed by atoms with Crippen molar-refractivity contribution in [3.63, 3.8) is 0 Å². The Hall–Kier alpha value is -0.950. The molecule has 6 rings (SSSR count). The van der Waals surface area contributed by atoms with Crippen molar-refractivity contribution < 1.29 is 29.6 Å². The molecule has 6 heteroatoms. The molecule has 6 aliphatic rings. The lowest BCUT2D eigenvalue weighted by Gasteiger charge is -2.64. The third kappa shape index (κ3) is 2.94. The van der Waals surface area contributed by atoms with E-state index in [4.69, 9.17) is 9.47 Å². The van der Waals surface area contributed by atoms with Crippen molar-refractivity contribution >= 4 is 5.97 Å². The fourth-order valence-electron chi connectivity index (χ4n) is 11.9. The van der Waals surface area contributed by atoms with Crippen LogP contribution in [0.2, 0.25) is 0 Å². The number of rotatable bonds is 3. The van der Waals surface area contributed by atoms with E-state index in [9.17, 15) is 20.1 Å². The molecule has 208 valence electrons. The van der Waals surface area contributed by atoms with Gasteiger partial charge in [-0.05, 0) is 106 Å². The minimum Gasteiger partial charge on any atom is -0.469 e. The Morgan fingerprint density at radius 1 is 0.919 bits per heavy atom. The summed E-state index contributed by atoms with van der Waals surface area (Å²) < 4.78 is 11.3.